The van der Waals surface area contributed by atoms with E-state index < -0.39 is 17.6 Å². The predicted molar refractivity (Wildman–Crippen MR) is 106 cm³/mol. The molecule has 7 heteroatoms. The number of nitrogens with zero attached hydrogens (tertiary/aromatic N) is 1. The first kappa shape index (κ1) is 26.4. The number of hydrogen-bond donors (Lipinski definition) is 3. The van der Waals surface area contributed by atoms with Crippen LogP contribution in [0.2, 0.25) is 0 Å². The fourth-order valence-corrected chi connectivity index (χ4v) is 2.70. The van der Waals surface area contributed by atoms with Crippen LogP contribution in [0.5, 0.6) is 0 Å². The van der Waals surface area contributed by atoms with Crippen molar-refractivity contribution in [2.45, 2.75) is 70.9 Å². The summed E-state index contributed by atoms with van der Waals surface area (Å²) in [5.41, 5.74) is 5.68. The lowest BCUT2D eigenvalue weighted by Crippen LogP contribution is -2.56. The third kappa shape index (κ3) is 8.36. The molecule has 1 heterocycles. The molecule has 1 rings (SSSR count). The molecule has 0 amide bonds. The van der Waals surface area contributed by atoms with E-state index in [0.29, 0.717) is 12.1 Å². The van der Waals surface area contributed by atoms with Gasteiger partial charge in [0.05, 0.1) is 0 Å². The maximum Gasteiger partial charge on any atom is 0.337 e. The van der Waals surface area contributed by atoms with E-state index in [2.05, 4.69) is 11.9 Å². The molecule has 4 N–H and O–H groups in total. The number of aliphatic hydroxyl groups is 1. The van der Waals surface area contributed by atoms with Gasteiger partial charge in [0.25, 0.3) is 0 Å². The number of pyridine rings is 1. The molecule has 1 aromatic heterocycles. The molecule has 0 aliphatic rings. The summed E-state index contributed by atoms with van der Waals surface area (Å²) < 4.78 is 0. The maximum absolute atomic E-state index is 11.6. The Morgan fingerprint density at radius 2 is 1.96 bits per heavy atom. The Hall–Kier alpha value is -0.880. The normalized spacial score (nSPS) is 14.2. The highest BCUT2D eigenvalue weighted by molar-refractivity contribution is 5.85. The molecule has 0 aliphatic heterocycles. The van der Waals surface area contributed by atoms with Gasteiger partial charge in [0.2, 0.25) is 0 Å². The molecule has 0 saturated heterocycles. The molecule has 25 heavy (non-hydrogen) atoms. The molecule has 0 fully saturated rings. The van der Waals surface area contributed by atoms with Gasteiger partial charge < -0.3 is 15.9 Å². The van der Waals surface area contributed by atoms with Crippen molar-refractivity contribution in [3.63, 3.8) is 0 Å². The van der Waals surface area contributed by atoms with E-state index in [0.717, 1.165) is 31.2 Å². The summed E-state index contributed by atoms with van der Waals surface area (Å²) in [6, 6.07) is 2.99. The Labute approximate surface area is 163 Å². The van der Waals surface area contributed by atoms with Crippen molar-refractivity contribution in [3.05, 3.63) is 29.6 Å². The molecule has 1 unspecified atom stereocenters. The van der Waals surface area contributed by atoms with Crippen LogP contribution in [-0.4, -0.2) is 32.8 Å². The Balaban J connectivity index is 0. The van der Waals surface area contributed by atoms with E-state index in [1.165, 1.54) is 0 Å². The third-order valence-corrected chi connectivity index (χ3v) is 4.11. The molecular formula is C18H32Cl2N2O3. The zero-order valence-corrected chi connectivity index (χ0v) is 16.9. The van der Waals surface area contributed by atoms with Gasteiger partial charge in [-0.15, -0.1) is 24.8 Å². The molecule has 1 aromatic rings. The van der Waals surface area contributed by atoms with Crippen LogP contribution in [0.3, 0.4) is 0 Å². The maximum atomic E-state index is 11.6. The van der Waals surface area contributed by atoms with Crippen LogP contribution in [-0.2, 0) is 17.6 Å². The molecule has 2 atom stereocenters. The largest absolute Gasteiger partial charge is 0.479 e. The first-order chi connectivity index (χ1) is 10.8. The van der Waals surface area contributed by atoms with Gasteiger partial charge in [-0.2, -0.15) is 0 Å². The van der Waals surface area contributed by atoms with Crippen molar-refractivity contribution >= 4 is 30.8 Å². The lowest BCUT2D eigenvalue weighted by atomic mass is 9.84. The first-order valence-electron chi connectivity index (χ1n) is 8.44. The number of unbranched alkanes of at least 4 members (excludes halogenated alkanes) is 2. The molecule has 0 aliphatic carbocycles. The average molecular weight is 395 g/mol. The standard InChI is InChI=1S/C18H30N2O3.2ClH/c1-4-5-6-7-14-8-9-20-15(11-14)12-18(23,17(21)22)16(19)10-13(2)3;;/h8-9,11,13,16,23H,4-7,10,12,19H2,1-3H3,(H,21,22);2*1H/t16-,18?;;/m0../s1. The topological polar surface area (TPSA) is 96.4 Å². The van der Waals surface area contributed by atoms with Crippen LogP contribution in [0.25, 0.3) is 0 Å². The van der Waals surface area contributed by atoms with Crippen LogP contribution >= 0.6 is 24.8 Å². The number of carboxylic acids is 1. The highest BCUT2D eigenvalue weighted by Gasteiger charge is 2.43. The number of aryl methyl sites for hydroxylation is 1. The first-order valence-corrected chi connectivity index (χ1v) is 8.44. The smallest absolute Gasteiger partial charge is 0.337 e. The Kier molecular flexibility index (Phi) is 13.1. The molecular weight excluding hydrogens is 363 g/mol. The van der Waals surface area contributed by atoms with Crippen molar-refractivity contribution < 1.29 is 15.0 Å². The Bertz CT molecular complexity index is 515. The molecule has 0 radical (unpaired) electrons. The van der Waals surface area contributed by atoms with Crippen molar-refractivity contribution in [2.24, 2.45) is 11.7 Å². The number of rotatable bonds is 10. The summed E-state index contributed by atoms with van der Waals surface area (Å²) >= 11 is 0. The number of carbonyl (C=O) groups is 1. The minimum Gasteiger partial charge on any atom is -0.479 e. The summed E-state index contributed by atoms with van der Waals surface area (Å²) in [5, 5.41) is 20.1. The van der Waals surface area contributed by atoms with Crippen LogP contribution < -0.4 is 5.73 Å². The summed E-state index contributed by atoms with van der Waals surface area (Å²) in [7, 11) is 0. The fourth-order valence-electron chi connectivity index (χ4n) is 2.70. The molecule has 5 nitrogen and oxygen atoms in total. The van der Waals surface area contributed by atoms with Crippen LogP contribution in [0.15, 0.2) is 18.3 Å². The van der Waals surface area contributed by atoms with E-state index in [-0.39, 0.29) is 37.2 Å². The van der Waals surface area contributed by atoms with Crippen molar-refractivity contribution in [3.8, 4) is 0 Å². The minimum absolute atomic E-state index is 0. The Morgan fingerprint density at radius 3 is 2.48 bits per heavy atom. The number of aliphatic carboxylic acids is 1. The summed E-state index contributed by atoms with van der Waals surface area (Å²) in [5.74, 6) is -1.08. The zero-order valence-electron chi connectivity index (χ0n) is 15.3. The number of nitrogens with two attached hydrogens (primary N) is 1. The zero-order chi connectivity index (χ0) is 17.5. The number of halogens is 2. The van der Waals surface area contributed by atoms with E-state index in [9.17, 15) is 15.0 Å². The summed E-state index contributed by atoms with van der Waals surface area (Å²) in [4.78, 5) is 15.8. The van der Waals surface area contributed by atoms with Gasteiger partial charge in [-0.25, -0.2) is 4.79 Å². The van der Waals surface area contributed by atoms with Crippen LogP contribution in [0.1, 0.15) is 57.7 Å². The monoisotopic (exact) mass is 394 g/mol. The van der Waals surface area contributed by atoms with E-state index >= 15 is 0 Å². The van der Waals surface area contributed by atoms with Gasteiger partial charge >= 0.3 is 5.97 Å². The van der Waals surface area contributed by atoms with Gasteiger partial charge in [0.1, 0.15) is 0 Å². The van der Waals surface area contributed by atoms with Gasteiger partial charge in [-0.3, -0.25) is 4.98 Å². The van der Waals surface area contributed by atoms with Crippen LogP contribution in [0, 0.1) is 5.92 Å². The van der Waals surface area contributed by atoms with Crippen molar-refractivity contribution in [1.82, 2.24) is 4.98 Å². The van der Waals surface area contributed by atoms with Gasteiger partial charge in [-0.05, 0) is 42.9 Å². The predicted octanol–water partition coefficient (Wildman–Crippen LogP) is 3.39. The van der Waals surface area contributed by atoms with E-state index in [1.807, 2.05) is 26.0 Å². The molecule has 0 bridgehead atoms. The summed E-state index contributed by atoms with van der Waals surface area (Å²) in [6.45, 7) is 6.06. The second-order valence-electron chi connectivity index (χ2n) is 6.75. The van der Waals surface area contributed by atoms with E-state index in [4.69, 9.17) is 5.73 Å². The van der Waals surface area contributed by atoms with Crippen molar-refractivity contribution in [1.29, 1.82) is 0 Å². The van der Waals surface area contributed by atoms with Crippen molar-refractivity contribution in [2.75, 3.05) is 0 Å². The third-order valence-electron chi connectivity index (χ3n) is 4.11. The second-order valence-corrected chi connectivity index (χ2v) is 6.75. The van der Waals surface area contributed by atoms with Gasteiger partial charge in [-0.1, -0.05) is 33.6 Å². The van der Waals surface area contributed by atoms with Gasteiger partial charge in [0, 0.05) is 24.4 Å². The highest BCUT2D eigenvalue weighted by atomic mass is 35.5. The Morgan fingerprint density at radius 1 is 1.32 bits per heavy atom. The highest BCUT2D eigenvalue weighted by Crippen LogP contribution is 2.22. The molecule has 0 spiro atoms. The SMILES string of the molecule is CCCCCc1ccnc(CC(O)(C(=O)O)[C@@H](N)CC(C)C)c1.Cl.Cl. The lowest BCUT2D eigenvalue weighted by molar-refractivity contribution is -0.161. The van der Waals surface area contributed by atoms with Gasteiger partial charge in [0.15, 0.2) is 5.60 Å². The minimum atomic E-state index is -1.99. The molecule has 0 aromatic carbocycles. The quantitative estimate of drug-likeness (QED) is 0.528. The van der Waals surface area contributed by atoms with E-state index in [1.54, 1.807) is 6.20 Å². The fraction of sp³-hybridized carbons (Fsp3) is 0.667. The molecule has 0 saturated carbocycles. The van der Waals surface area contributed by atoms with Crippen LogP contribution in [0.4, 0.5) is 0 Å². The second kappa shape index (κ2) is 12.5. The lowest BCUT2D eigenvalue weighted by Gasteiger charge is -2.30. The molecule has 146 valence electrons. The summed E-state index contributed by atoms with van der Waals surface area (Å²) in [6.07, 6.45) is 6.39. The number of hydrogen-bond acceptors (Lipinski definition) is 4. The number of carboxylic acid groups (broad SMARTS) is 1. The number of aromatic nitrogens is 1. The average Bonchev–Trinajstić information content (AvgIpc) is 2.47.